The molecule has 1 saturated heterocycles. The Bertz CT molecular complexity index is 971. The lowest BCUT2D eigenvalue weighted by molar-refractivity contribution is -0.126. The van der Waals surface area contributed by atoms with Gasteiger partial charge in [-0.25, -0.2) is 13.6 Å². The van der Waals surface area contributed by atoms with Crippen molar-refractivity contribution >= 4 is 12.0 Å². The van der Waals surface area contributed by atoms with E-state index >= 15 is 0 Å². The summed E-state index contributed by atoms with van der Waals surface area (Å²) in [5, 5.41) is 12.8. The molecule has 2 N–H and O–H groups in total. The van der Waals surface area contributed by atoms with E-state index in [0.717, 1.165) is 0 Å². The van der Waals surface area contributed by atoms with Gasteiger partial charge in [-0.3, -0.25) is 14.7 Å². The Morgan fingerprint density at radius 1 is 1.22 bits per heavy atom. The second kappa shape index (κ2) is 9.20. The molecule has 1 aliphatic rings. The highest BCUT2D eigenvalue weighted by Crippen LogP contribution is 2.27. The second-order valence-corrected chi connectivity index (χ2v) is 8.84. The minimum absolute atomic E-state index is 0.00251. The number of nitrogens with one attached hydrogen (secondary N) is 1. The fourth-order valence-electron chi connectivity index (χ4n) is 3.55. The Hall–Kier alpha value is -3.07. The second-order valence-electron chi connectivity index (χ2n) is 8.84. The zero-order valence-corrected chi connectivity index (χ0v) is 18.4. The van der Waals surface area contributed by atoms with Crippen LogP contribution in [0.1, 0.15) is 45.9 Å². The molecule has 0 bridgehead atoms. The van der Waals surface area contributed by atoms with Gasteiger partial charge in [0.2, 0.25) is 5.91 Å². The smallest absolute Gasteiger partial charge is 0.411 e. The summed E-state index contributed by atoms with van der Waals surface area (Å²) >= 11 is 0. The van der Waals surface area contributed by atoms with Crippen molar-refractivity contribution in [2.75, 3.05) is 6.54 Å². The SMILES string of the molecule is C[C@H](NC(=O)[C@@H]1C[C@@H](O)CN1C(=O)OC(C)(C)C)c1ccc(-c2c(F)cccc2F)cn1. The molecule has 0 aliphatic carbocycles. The molecule has 2 aromatic rings. The molecule has 9 heteroatoms. The van der Waals surface area contributed by atoms with Crippen LogP contribution in [-0.2, 0) is 9.53 Å². The van der Waals surface area contributed by atoms with E-state index in [1.807, 2.05) is 0 Å². The lowest BCUT2D eigenvalue weighted by Gasteiger charge is -2.28. The number of carbonyl (C=O) groups is 2. The number of halogens is 2. The standard InChI is InChI=1S/C23H27F2N3O4/c1-13(18-9-8-14(11-26-18)20-16(24)6-5-7-17(20)25)27-21(30)19-10-15(29)12-28(19)22(31)32-23(2,3)4/h5-9,11,13,15,19,29H,10,12H2,1-4H3,(H,27,30)/t13-,15+,19-/m0/s1. The number of aromatic nitrogens is 1. The number of benzene rings is 1. The van der Waals surface area contributed by atoms with Crippen molar-refractivity contribution in [3.05, 3.63) is 53.9 Å². The van der Waals surface area contributed by atoms with Gasteiger partial charge in [-0.15, -0.1) is 0 Å². The third-order valence-corrected chi connectivity index (χ3v) is 5.05. The minimum atomic E-state index is -0.880. The van der Waals surface area contributed by atoms with Crippen molar-refractivity contribution in [2.45, 2.75) is 57.9 Å². The summed E-state index contributed by atoms with van der Waals surface area (Å²) < 4.78 is 33.3. The molecule has 172 valence electrons. The molecule has 1 aliphatic heterocycles. The molecule has 2 amide bonds. The van der Waals surface area contributed by atoms with E-state index in [1.54, 1.807) is 33.8 Å². The maximum atomic E-state index is 14.0. The van der Waals surface area contributed by atoms with E-state index in [0.29, 0.717) is 5.69 Å². The number of rotatable bonds is 4. The predicted octanol–water partition coefficient (Wildman–Crippen LogP) is 3.57. The largest absolute Gasteiger partial charge is 0.444 e. The Morgan fingerprint density at radius 2 is 1.88 bits per heavy atom. The molecule has 1 aromatic heterocycles. The number of β-amino-alcohol motifs (C(OH)–C–C–N with tert-alkyl or cyclic N) is 1. The molecule has 0 unspecified atom stereocenters. The highest BCUT2D eigenvalue weighted by molar-refractivity contribution is 5.86. The van der Waals surface area contributed by atoms with Crippen LogP contribution in [0.25, 0.3) is 11.1 Å². The number of likely N-dealkylation sites (tertiary alicyclic amines) is 1. The molecular formula is C23H27F2N3O4. The van der Waals surface area contributed by atoms with E-state index in [4.69, 9.17) is 4.74 Å². The van der Waals surface area contributed by atoms with Gasteiger partial charge in [0, 0.05) is 18.2 Å². The van der Waals surface area contributed by atoms with Gasteiger partial charge in [0.05, 0.1) is 29.9 Å². The van der Waals surface area contributed by atoms with E-state index in [9.17, 15) is 23.5 Å². The fourth-order valence-corrected chi connectivity index (χ4v) is 3.55. The number of aliphatic hydroxyl groups is 1. The summed E-state index contributed by atoms with van der Waals surface area (Å²) in [5.74, 6) is -1.84. The molecule has 32 heavy (non-hydrogen) atoms. The molecule has 1 fully saturated rings. The van der Waals surface area contributed by atoms with Crippen molar-refractivity contribution in [2.24, 2.45) is 0 Å². The van der Waals surface area contributed by atoms with Gasteiger partial charge < -0.3 is 15.2 Å². The van der Waals surface area contributed by atoms with Gasteiger partial charge >= 0.3 is 6.09 Å². The van der Waals surface area contributed by atoms with Gasteiger partial charge in [0.1, 0.15) is 23.3 Å². The fraction of sp³-hybridized carbons (Fsp3) is 0.435. The van der Waals surface area contributed by atoms with Crippen molar-refractivity contribution in [1.29, 1.82) is 0 Å². The van der Waals surface area contributed by atoms with Crippen molar-refractivity contribution in [1.82, 2.24) is 15.2 Å². The quantitative estimate of drug-likeness (QED) is 0.748. The number of hydrogen-bond acceptors (Lipinski definition) is 5. The molecule has 2 heterocycles. The highest BCUT2D eigenvalue weighted by atomic mass is 19.1. The summed E-state index contributed by atoms with van der Waals surface area (Å²) in [5.41, 5.74) is -0.155. The molecular weight excluding hydrogens is 420 g/mol. The van der Waals surface area contributed by atoms with Crippen LogP contribution in [0.3, 0.4) is 0 Å². The van der Waals surface area contributed by atoms with Gasteiger partial charge in [0.25, 0.3) is 0 Å². The Kier molecular flexibility index (Phi) is 6.78. The third-order valence-electron chi connectivity index (χ3n) is 5.05. The first-order valence-corrected chi connectivity index (χ1v) is 10.3. The monoisotopic (exact) mass is 447 g/mol. The molecule has 0 spiro atoms. The summed E-state index contributed by atoms with van der Waals surface area (Å²) in [6, 6.07) is 5.30. The number of nitrogens with zero attached hydrogens (tertiary/aromatic N) is 2. The topological polar surface area (TPSA) is 91.8 Å². The van der Waals surface area contributed by atoms with Crippen LogP contribution >= 0.6 is 0 Å². The van der Waals surface area contributed by atoms with Crippen LogP contribution < -0.4 is 5.32 Å². The average molecular weight is 447 g/mol. The van der Waals surface area contributed by atoms with Gasteiger partial charge in [-0.2, -0.15) is 0 Å². The lowest BCUT2D eigenvalue weighted by atomic mass is 10.1. The normalized spacial score (nSPS) is 19.5. The van der Waals surface area contributed by atoms with Crippen LogP contribution in [-0.4, -0.2) is 51.3 Å². The molecule has 3 rings (SSSR count). The molecule has 0 saturated carbocycles. The van der Waals surface area contributed by atoms with Crippen molar-refractivity contribution in [3.63, 3.8) is 0 Å². The number of amides is 2. The Labute approximate surface area is 185 Å². The zero-order valence-electron chi connectivity index (χ0n) is 18.4. The molecule has 3 atom stereocenters. The summed E-state index contributed by atoms with van der Waals surface area (Å²) in [6.45, 7) is 6.86. The summed E-state index contributed by atoms with van der Waals surface area (Å²) in [6.07, 6.45) is -0.0689. The maximum Gasteiger partial charge on any atom is 0.411 e. The maximum absolute atomic E-state index is 14.0. The Balaban J connectivity index is 1.70. The first-order valence-electron chi connectivity index (χ1n) is 10.3. The van der Waals surface area contributed by atoms with E-state index in [1.165, 1.54) is 35.4 Å². The van der Waals surface area contributed by atoms with E-state index in [2.05, 4.69) is 10.3 Å². The van der Waals surface area contributed by atoms with Gasteiger partial charge in [-0.05, 0) is 45.9 Å². The number of aliphatic hydroxyl groups excluding tert-OH is 1. The first kappa shape index (κ1) is 23.6. The van der Waals surface area contributed by atoms with Crippen LogP contribution in [0.15, 0.2) is 36.5 Å². The minimum Gasteiger partial charge on any atom is -0.444 e. The van der Waals surface area contributed by atoms with E-state index in [-0.39, 0.29) is 24.1 Å². The highest BCUT2D eigenvalue weighted by Gasteiger charge is 2.41. The first-order chi connectivity index (χ1) is 15.0. The van der Waals surface area contributed by atoms with Gasteiger partial charge in [-0.1, -0.05) is 12.1 Å². The number of carbonyl (C=O) groups excluding carboxylic acids is 2. The predicted molar refractivity (Wildman–Crippen MR) is 113 cm³/mol. The van der Waals surface area contributed by atoms with Gasteiger partial charge in [0.15, 0.2) is 0 Å². The Morgan fingerprint density at radius 3 is 2.44 bits per heavy atom. The number of ether oxygens (including phenoxy) is 1. The van der Waals surface area contributed by atoms with E-state index < -0.39 is 47.4 Å². The summed E-state index contributed by atoms with van der Waals surface area (Å²) in [4.78, 5) is 30.7. The summed E-state index contributed by atoms with van der Waals surface area (Å²) in [7, 11) is 0. The van der Waals surface area contributed by atoms with Crippen LogP contribution in [0.2, 0.25) is 0 Å². The molecule has 1 aromatic carbocycles. The van der Waals surface area contributed by atoms with Crippen molar-refractivity contribution < 1.29 is 28.2 Å². The lowest BCUT2D eigenvalue weighted by Crippen LogP contribution is -2.48. The molecule has 7 nitrogen and oxygen atoms in total. The average Bonchev–Trinajstić information content (AvgIpc) is 3.09. The van der Waals surface area contributed by atoms with Crippen molar-refractivity contribution in [3.8, 4) is 11.1 Å². The third kappa shape index (κ3) is 5.40. The van der Waals surface area contributed by atoms with Crippen LogP contribution in [0, 0.1) is 11.6 Å². The molecule has 0 radical (unpaired) electrons. The number of pyridine rings is 1. The zero-order chi connectivity index (χ0) is 23.6. The van der Waals surface area contributed by atoms with Crippen LogP contribution in [0.5, 0.6) is 0 Å². The van der Waals surface area contributed by atoms with Crippen LogP contribution in [0.4, 0.5) is 13.6 Å². The number of hydrogen-bond donors (Lipinski definition) is 2.